The third kappa shape index (κ3) is 0.975. The highest BCUT2D eigenvalue weighted by Crippen LogP contribution is 2.33. The summed E-state index contributed by atoms with van der Waals surface area (Å²) in [5.41, 5.74) is 2.37. The highest BCUT2D eigenvalue weighted by atomic mass is 16.5. The molecule has 2 heterocycles. The average molecular weight is 213 g/mol. The molecule has 0 saturated carbocycles. The fourth-order valence-electron chi connectivity index (χ4n) is 1.95. The van der Waals surface area contributed by atoms with Crippen molar-refractivity contribution in [2.75, 3.05) is 0 Å². The van der Waals surface area contributed by atoms with Crippen molar-refractivity contribution in [3.8, 4) is 0 Å². The minimum absolute atomic E-state index is 0.267. The van der Waals surface area contributed by atoms with Crippen molar-refractivity contribution >= 4 is 33.9 Å². The van der Waals surface area contributed by atoms with Gasteiger partial charge in [0.2, 0.25) is 11.9 Å². The number of nitrogens with zero attached hydrogens (tertiary/aromatic N) is 3. The van der Waals surface area contributed by atoms with Gasteiger partial charge in [-0.3, -0.25) is 0 Å². The van der Waals surface area contributed by atoms with E-state index in [1.54, 1.807) is 0 Å². The number of rotatable bonds is 1. The number of carbonyl (C=O) groups excluding carboxylic acids is 1. The van der Waals surface area contributed by atoms with E-state index in [0.29, 0.717) is 11.1 Å². The third-order valence-electron chi connectivity index (χ3n) is 2.65. The van der Waals surface area contributed by atoms with E-state index in [-0.39, 0.29) is 5.82 Å². The van der Waals surface area contributed by atoms with Crippen LogP contribution in [0.15, 0.2) is 33.8 Å². The maximum absolute atomic E-state index is 10.3. The van der Waals surface area contributed by atoms with Crippen LogP contribution in [0.25, 0.3) is 22.0 Å². The third-order valence-corrected chi connectivity index (χ3v) is 2.65. The number of hydrogen-bond donors (Lipinski definition) is 0. The van der Waals surface area contributed by atoms with Crippen LogP contribution in [0.2, 0.25) is 0 Å². The molecule has 16 heavy (non-hydrogen) atoms. The Bertz CT molecular complexity index is 732. The molecule has 0 amide bonds. The molecule has 0 spiro atoms. The van der Waals surface area contributed by atoms with Crippen LogP contribution < -0.4 is 0 Å². The molecular formula is C11H7N3O2. The molecule has 0 N–H and O–H groups in total. The van der Waals surface area contributed by atoms with Crippen molar-refractivity contribution < 1.29 is 9.32 Å². The second kappa shape index (κ2) is 3.05. The van der Waals surface area contributed by atoms with Crippen molar-refractivity contribution in [2.24, 2.45) is 12.0 Å². The Morgan fingerprint density at radius 3 is 3.06 bits per heavy atom. The molecule has 78 valence electrons. The Kier molecular flexibility index (Phi) is 1.69. The van der Waals surface area contributed by atoms with Crippen LogP contribution in [0.5, 0.6) is 0 Å². The summed E-state index contributed by atoms with van der Waals surface area (Å²) >= 11 is 0. The van der Waals surface area contributed by atoms with Gasteiger partial charge in [0, 0.05) is 12.4 Å². The van der Waals surface area contributed by atoms with E-state index in [9.17, 15) is 4.79 Å². The van der Waals surface area contributed by atoms with Gasteiger partial charge in [-0.15, -0.1) is 4.99 Å². The predicted molar refractivity (Wildman–Crippen MR) is 58.3 cm³/mol. The maximum atomic E-state index is 10.3. The Morgan fingerprint density at radius 1 is 1.44 bits per heavy atom. The van der Waals surface area contributed by atoms with Gasteiger partial charge in [0.25, 0.3) is 0 Å². The fourth-order valence-corrected chi connectivity index (χ4v) is 1.95. The minimum atomic E-state index is 0.267. The van der Waals surface area contributed by atoms with Crippen LogP contribution >= 0.6 is 0 Å². The number of aromatic nitrogens is 2. The molecular weight excluding hydrogens is 206 g/mol. The zero-order valence-electron chi connectivity index (χ0n) is 8.47. The molecule has 1 aromatic carbocycles. The number of benzene rings is 1. The molecule has 0 aliphatic carbocycles. The lowest BCUT2D eigenvalue weighted by molar-refractivity contribution is 0.461. The van der Waals surface area contributed by atoms with E-state index in [1.807, 2.05) is 35.9 Å². The summed E-state index contributed by atoms with van der Waals surface area (Å²) in [4.78, 5) is 13.8. The molecule has 0 fully saturated rings. The number of hydrogen-bond acceptors (Lipinski definition) is 4. The summed E-state index contributed by atoms with van der Waals surface area (Å²) in [6.07, 6.45) is 1.47. The van der Waals surface area contributed by atoms with Gasteiger partial charge < -0.3 is 9.09 Å². The zero-order valence-corrected chi connectivity index (χ0v) is 8.47. The van der Waals surface area contributed by atoms with E-state index < -0.39 is 0 Å². The van der Waals surface area contributed by atoms with E-state index >= 15 is 0 Å². The van der Waals surface area contributed by atoms with Gasteiger partial charge in [-0.25, -0.2) is 4.79 Å². The molecule has 0 atom stereocenters. The normalized spacial score (nSPS) is 10.8. The number of isocyanates is 1. The molecule has 3 rings (SSSR count). The number of para-hydroxylation sites is 1. The molecule has 5 heteroatoms. The number of fused-ring (bicyclic) bond motifs is 3. The molecule has 0 aliphatic rings. The van der Waals surface area contributed by atoms with E-state index in [4.69, 9.17) is 4.52 Å². The van der Waals surface area contributed by atoms with Crippen molar-refractivity contribution in [3.63, 3.8) is 0 Å². The largest absolute Gasteiger partial charge is 0.352 e. The zero-order chi connectivity index (χ0) is 11.1. The fraction of sp³-hybridized carbons (Fsp3) is 0.0909. The first-order chi connectivity index (χ1) is 7.83. The first-order valence-electron chi connectivity index (χ1n) is 4.73. The topological polar surface area (TPSA) is 60.4 Å². The van der Waals surface area contributed by atoms with Crippen molar-refractivity contribution in [1.29, 1.82) is 0 Å². The molecule has 0 saturated heterocycles. The SMILES string of the molecule is Cn1c2ccccc2c2onc(N=C=O)c21. The summed E-state index contributed by atoms with van der Waals surface area (Å²) in [6, 6.07) is 7.78. The summed E-state index contributed by atoms with van der Waals surface area (Å²) < 4.78 is 7.09. The van der Waals surface area contributed by atoms with Gasteiger partial charge in [-0.05, 0) is 12.1 Å². The first-order valence-corrected chi connectivity index (χ1v) is 4.73. The van der Waals surface area contributed by atoms with Gasteiger partial charge in [-0.2, -0.15) is 0 Å². The minimum Gasteiger partial charge on any atom is -0.352 e. The Morgan fingerprint density at radius 2 is 2.25 bits per heavy atom. The van der Waals surface area contributed by atoms with Crippen LogP contribution in [-0.4, -0.2) is 15.8 Å². The smallest absolute Gasteiger partial charge is 0.242 e. The van der Waals surface area contributed by atoms with Crippen LogP contribution in [0.3, 0.4) is 0 Å². The van der Waals surface area contributed by atoms with Gasteiger partial charge in [-0.1, -0.05) is 17.3 Å². The number of aryl methyl sites for hydroxylation is 1. The predicted octanol–water partition coefficient (Wildman–Crippen LogP) is 2.29. The molecule has 2 aromatic heterocycles. The second-order valence-electron chi connectivity index (χ2n) is 3.46. The summed E-state index contributed by atoms with van der Waals surface area (Å²) in [7, 11) is 1.88. The molecule has 3 aromatic rings. The molecule has 0 unspecified atom stereocenters. The van der Waals surface area contributed by atoms with Crippen molar-refractivity contribution in [2.45, 2.75) is 0 Å². The monoisotopic (exact) mass is 213 g/mol. The van der Waals surface area contributed by atoms with Crippen LogP contribution in [0.1, 0.15) is 0 Å². The maximum Gasteiger partial charge on any atom is 0.242 e. The Hall–Kier alpha value is -2.39. The van der Waals surface area contributed by atoms with Crippen LogP contribution in [-0.2, 0) is 11.8 Å². The lowest BCUT2D eigenvalue weighted by Crippen LogP contribution is -1.85. The molecule has 0 radical (unpaired) electrons. The summed E-state index contributed by atoms with van der Waals surface area (Å²) in [6.45, 7) is 0. The molecule has 0 bridgehead atoms. The highest BCUT2D eigenvalue weighted by Gasteiger charge is 2.16. The van der Waals surface area contributed by atoms with Gasteiger partial charge in [0.1, 0.15) is 5.52 Å². The van der Waals surface area contributed by atoms with Gasteiger partial charge in [0.05, 0.1) is 5.52 Å². The highest BCUT2D eigenvalue weighted by molar-refractivity contribution is 6.07. The number of aliphatic imine (C=N–C) groups is 1. The molecule has 5 nitrogen and oxygen atoms in total. The molecule has 0 aliphatic heterocycles. The second-order valence-corrected chi connectivity index (χ2v) is 3.46. The van der Waals surface area contributed by atoms with Crippen LogP contribution in [0.4, 0.5) is 5.82 Å². The lowest BCUT2D eigenvalue weighted by Gasteiger charge is -1.95. The first kappa shape index (κ1) is 8.88. The van der Waals surface area contributed by atoms with Crippen LogP contribution in [0, 0.1) is 0 Å². The van der Waals surface area contributed by atoms with E-state index in [0.717, 1.165) is 10.9 Å². The van der Waals surface area contributed by atoms with Gasteiger partial charge in [0.15, 0.2) is 5.58 Å². The summed E-state index contributed by atoms with van der Waals surface area (Å²) in [5, 5.41) is 4.69. The Balaban J connectivity index is 2.57. The van der Waals surface area contributed by atoms with Crippen molar-refractivity contribution in [3.05, 3.63) is 24.3 Å². The Labute approximate surface area is 90.0 Å². The van der Waals surface area contributed by atoms with Crippen molar-refractivity contribution in [1.82, 2.24) is 9.72 Å². The summed E-state index contributed by atoms with van der Waals surface area (Å²) in [5.74, 6) is 0.267. The standard InChI is InChI=1S/C11H7N3O2/c1-14-8-5-3-2-4-7(8)10-9(14)11(12-6-15)13-16-10/h2-5H,1H3. The van der Waals surface area contributed by atoms with E-state index in [1.165, 1.54) is 6.08 Å². The lowest BCUT2D eigenvalue weighted by atomic mass is 10.2. The average Bonchev–Trinajstić information content (AvgIpc) is 2.83. The van der Waals surface area contributed by atoms with E-state index in [2.05, 4.69) is 10.1 Å². The quantitative estimate of drug-likeness (QED) is 0.460. The van der Waals surface area contributed by atoms with Gasteiger partial charge >= 0.3 is 0 Å².